The van der Waals surface area contributed by atoms with Crippen molar-refractivity contribution in [2.75, 3.05) is 19.6 Å². The van der Waals surface area contributed by atoms with Gasteiger partial charge in [-0.05, 0) is 67.1 Å². The molecule has 0 aliphatic carbocycles. The molecule has 5 heteroatoms. The molecule has 1 N–H and O–H groups in total. The molecule has 1 saturated heterocycles. The van der Waals surface area contributed by atoms with Gasteiger partial charge in [0.25, 0.3) is 11.8 Å². The van der Waals surface area contributed by atoms with Crippen molar-refractivity contribution in [1.29, 1.82) is 0 Å². The van der Waals surface area contributed by atoms with Gasteiger partial charge in [0.1, 0.15) is 5.82 Å². The second-order valence-electron chi connectivity index (χ2n) is 7.21. The summed E-state index contributed by atoms with van der Waals surface area (Å²) < 4.78 is 12.9. The van der Waals surface area contributed by atoms with E-state index in [-0.39, 0.29) is 17.6 Å². The van der Waals surface area contributed by atoms with Gasteiger partial charge < -0.3 is 10.2 Å². The van der Waals surface area contributed by atoms with Crippen LogP contribution < -0.4 is 5.32 Å². The van der Waals surface area contributed by atoms with Crippen molar-refractivity contribution < 1.29 is 14.0 Å². The number of nitrogens with zero attached hydrogens (tertiary/aromatic N) is 1. The lowest BCUT2D eigenvalue weighted by Crippen LogP contribution is -2.39. The van der Waals surface area contributed by atoms with Crippen LogP contribution >= 0.6 is 0 Å². The largest absolute Gasteiger partial charge is 0.352 e. The second kappa shape index (κ2) is 8.80. The van der Waals surface area contributed by atoms with E-state index in [2.05, 4.69) is 12.2 Å². The molecule has 27 heavy (non-hydrogen) atoms. The number of amides is 2. The zero-order valence-corrected chi connectivity index (χ0v) is 15.6. The molecule has 1 aliphatic rings. The smallest absolute Gasteiger partial charge is 0.253 e. The van der Waals surface area contributed by atoms with Gasteiger partial charge in [0.15, 0.2) is 0 Å². The van der Waals surface area contributed by atoms with Crippen LogP contribution in [0.1, 0.15) is 46.0 Å². The Morgan fingerprint density at radius 2 is 1.74 bits per heavy atom. The van der Waals surface area contributed by atoms with Gasteiger partial charge in [-0.15, -0.1) is 0 Å². The van der Waals surface area contributed by atoms with Crippen LogP contribution in [0.2, 0.25) is 0 Å². The zero-order chi connectivity index (χ0) is 19.2. The highest BCUT2D eigenvalue weighted by Crippen LogP contribution is 2.18. The number of hydrogen-bond acceptors (Lipinski definition) is 2. The van der Waals surface area contributed by atoms with Crippen molar-refractivity contribution in [3.05, 3.63) is 71.0 Å². The highest BCUT2D eigenvalue weighted by Gasteiger charge is 2.22. The quantitative estimate of drug-likeness (QED) is 0.875. The van der Waals surface area contributed by atoms with Crippen LogP contribution in [0.5, 0.6) is 0 Å². The Balaban J connectivity index is 1.52. The molecular formula is C22H25FN2O2. The standard InChI is InChI=1S/C22H25FN2O2/c1-16-3-2-14-25(15-16)22(27)19-8-6-18(7-9-19)21(26)24-13-12-17-4-10-20(23)11-5-17/h4-11,16H,2-3,12-15H2,1H3,(H,24,26). The highest BCUT2D eigenvalue weighted by molar-refractivity contribution is 5.97. The summed E-state index contributed by atoms with van der Waals surface area (Å²) in [4.78, 5) is 26.7. The summed E-state index contributed by atoms with van der Waals surface area (Å²) in [6, 6.07) is 13.1. The number of carbonyl (C=O) groups is 2. The van der Waals surface area contributed by atoms with E-state index in [9.17, 15) is 14.0 Å². The second-order valence-corrected chi connectivity index (χ2v) is 7.21. The van der Waals surface area contributed by atoms with Gasteiger partial charge in [0, 0.05) is 30.8 Å². The zero-order valence-electron chi connectivity index (χ0n) is 15.6. The van der Waals surface area contributed by atoms with Gasteiger partial charge in [-0.1, -0.05) is 19.1 Å². The van der Waals surface area contributed by atoms with Crippen LogP contribution in [0.4, 0.5) is 4.39 Å². The van der Waals surface area contributed by atoms with Gasteiger partial charge in [-0.25, -0.2) is 4.39 Å². The molecule has 0 spiro atoms. The first-order chi connectivity index (χ1) is 13.0. The van der Waals surface area contributed by atoms with Crippen molar-refractivity contribution in [2.45, 2.75) is 26.2 Å². The summed E-state index contributed by atoms with van der Waals surface area (Å²) in [5.41, 5.74) is 2.11. The molecule has 4 nitrogen and oxygen atoms in total. The molecule has 1 fully saturated rings. The van der Waals surface area contributed by atoms with E-state index in [1.807, 2.05) is 4.90 Å². The average Bonchev–Trinajstić information content (AvgIpc) is 2.69. The lowest BCUT2D eigenvalue weighted by atomic mass is 9.99. The fourth-order valence-corrected chi connectivity index (χ4v) is 3.39. The number of hydrogen-bond donors (Lipinski definition) is 1. The van der Waals surface area contributed by atoms with Crippen LogP contribution in [-0.4, -0.2) is 36.3 Å². The van der Waals surface area contributed by atoms with Crippen molar-refractivity contribution in [3.63, 3.8) is 0 Å². The third-order valence-corrected chi connectivity index (χ3v) is 4.95. The molecule has 1 aliphatic heterocycles. The van der Waals surface area contributed by atoms with Crippen LogP contribution in [-0.2, 0) is 6.42 Å². The fraction of sp³-hybridized carbons (Fsp3) is 0.364. The maximum atomic E-state index is 12.9. The summed E-state index contributed by atoms with van der Waals surface area (Å²) in [5, 5.41) is 2.85. The summed E-state index contributed by atoms with van der Waals surface area (Å²) in [5.74, 6) is 0.123. The summed E-state index contributed by atoms with van der Waals surface area (Å²) >= 11 is 0. The molecule has 2 amide bonds. The fourth-order valence-electron chi connectivity index (χ4n) is 3.39. The first-order valence-electron chi connectivity index (χ1n) is 9.45. The Morgan fingerprint density at radius 3 is 2.41 bits per heavy atom. The molecular weight excluding hydrogens is 343 g/mol. The van der Waals surface area contributed by atoms with Gasteiger partial charge >= 0.3 is 0 Å². The minimum absolute atomic E-state index is 0.0322. The number of likely N-dealkylation sites (tertiary alicyclic amines) is 1. The number of nitrogens with one attached hydrogen (secondary N) is 1. The minimum atomic E-state index is -0.267. The molecule has 3 rings (SSSR count). The van der Waals surface area contributed by atoms with Crippen molar-refractivity contribution in [3.8, 4) is 0 Å². The van der Waals surface area contributed by atoms with E-state index in [1.54, 1.807) is 36.4 Å². The summed E-state index contributed by atoms with van der Waals surface area (Å²) in [7, 11) is 0. The number of carbonyl (C=O) groups excluding carboxylic acids is 2. The number of benzene rings is 2. The van der Waals surface area contributed by atoms with Gasteiger partial charge in [-0.3, -0.25) is 9.59 Å². The highest BCUT2D eigenvalue weighted by atomic mass is 19.1. The maximum Gasteiger partial charge on any atom is 0.253 e. The molecule has 1 unspecified atom stereocenters. The molecule has 1 atom stereocenters. The van der Waals surface area contributed by atoms with E-state index >= 15 is 0 Å². The van der Waals surface area contributed by atoms with E-state index in [0.29, 0.717) is 30.0 Å². The Labute approximate surface area is 159 Å². The van der Waals surface area contributed by atoms with Crippen LogP contribution in [0.3, 0.4) is 0 Å². The van der Waals surface area contributed by atoms with E-state index in [1.165, 1.54) is 18.6 Å². The van der Waals surface area contributed by atoms with Crippen LogP contribution in [0.25, 0.3) is 0 Å². The molecule has 2 aromatic rings. The van der Waals surface area contributed by atoms with Crippen molar-refractivity contribution in [1.82, 2.24) is 10.2 Å². The van der Waals surface area contributed by atoms with Gasteiger partial charge in [-0.2, -0.15) is 0 Å². The van der Waals surface area contributed by atoms with Crippen molar-refractivity contribution in [2.24, 2.45) is 5.92 Å². The number of rotatable bonds is 5. The first-order valence-corrected chi connectivity index (χ1v) is 9.45. The maximum absolute atomic E-state index is 12.9. The molecule has 0 radical (unpaired) electrons. The van der Waals surface area contributed by atoms with E-state index < -0.39 is 0 Å². The van der Waals surface area contributed by atoms with E-state index in [0.717, 1.165) is 25.1 Å². The summed E-state index contributed by atoms with van der Waals surface area (Å²) in [6.07, 6.45) is 2.85. The number of piperidine rings is 1. The third-order valence-electron chi connectivity index (χ3n) is 4.95. The van der Waals surface area contributed by atoms with E-state index in [4.69, 9.17) is 0 Å². The molecule has 0 saturated carbocycles. The van der Waals surface area contributed by atoms with Gasteiger partial charge in [0.2, 0.25) is 0 Å². The molecule has 142 valence electrons. The predicted octanol–water partition coefficient (Wildman–Crippen LogP) is 3.67. The Hall–Kier alpha value is -2.69. The molecule has 0 aromatic heterocycles. The lowest BCUT2D eigenvalue weighted by molar-refractivity contribution is 0.0682. The Kier molecular flexibility index (Phi) is 6.22. The average molecular weight is 368 g/mol. The topological polar surface area (TPSA) is 49.4 Å². The lowest BCUT2D eigenvalue weighted by Gasteiger charge is -2.31. The first kappa shape index (κ1) is 19.1. The normalized spacial score (nSPS) is 16.8. The summed E-state index contributed by atoms with van der Waals surface area (Å²) in [6.45, 7) is 4.23. The van der Waals surface area contributed by atoms with Gasteiger partial charge in [0.05, 0.1) is 0 Å². The Bertz CT molecular complexity index is 787. The van der Waals surface area contributed by atoms with Crippen LogP contribution in [0.15, 0.2) is 48.5 Å². The Morgan fingerprint density at radius 1 is 1.07 bits per heavy atom. The SMILES string of the molecule is CC1CCCN(C(=O)c2ccc(C(=O)NCCc3ccc(F)cc3)cc2)C1. The predicted molar refractivity (Wildman–Crippen MR) is 103 cm³/mol. The molecule has 1 heterocycles. The number of halogens is 1. The third kappa shape index (κ3) is 5.16. The molecule has 2 aromatic carbocycles. The minimum Gasteiger partial charge on any atom is -0.352 e. The molecule has 0 bridgehead atoms. The monoisotopic (exact) mass is 368 g/mol. The van der Waals surface area contributed by atoms with Crippen LogP contribution in [0, 0.1) is 11.7 Å². The van der Waals surface area contributed by atoms with Crippen molar-refractivity contribution >= 4 is 11.8 Å².